The van der Waals surface area contributed by atoms with E-state index in [0.717, 1.165) is 12.3 Å². The normalized spacial score (nSPS) is 10.4. The lowest BCUT2D eigenvalue weighted by Crippen LogP contribution is -2.04. The topological polar surface area (TPSA) is 48.9 Å². The van der Waals surface area contributed by atoms with Crippen LogP contribution < -0.4 is 0 Å². The summed E-state index contributed by atoms with van der Waals surface area (Å²) in [4.78, 5) is 0. The van der Waals surface area contributed by atoms with Gasteiger partial charge < -0.3 is 5.11 Å². The first-order valence-electron chi connectivity index (χ1n) is 4.31. The van der Waals surface area contributed by atoms with Crippen LogP contribution in [0.2, 0.25) is 0 Å². The van der Waals surface area contributed by atoms with Gasteiger partial charge >= 0.3 is 6.18 Å². The zero-order valence-corrected chi connectivity index (χ0v) is 8.07. The van der Waals surface area contributed by atoms with Crippen LogP contribution in [-0.2, 0) is 6.18 Å². The molecule has 0 bridgehead atoms. The van der Waals surface area contributed by atoms with Crippen molar-refractivity contribution >= 4 is 0 Å². The molecular weight excluding hydrogens is 221 g/mol. The molecule has 3 nitrogen and oxygen atoms in total. The van der Waals surface area contributed by atoms with Crippen LogP contribution in [0.5, 0.6) is 5.75 Å². The number of nitrogens with zero attached hydrogens (tertiary/aromatic N) is 1. The molecule has 2 aromatic rings. The van der Waals surface area contributed by atoms with Gasteiger partial charge in [-0.15, -0.1) is 0 Å². The molecule has 1 heterocycles. The van der Waals surface area contributed by atoms with Crippen molar-refractivity contribution in [2.24, 2.45) is 0 Å². The Morgan fingerprint density at radius 3 is 1.94 bits per heavy atom. The fourth-order valence-corrected chi connectivity index (χ4v) is 0.842. The van der Waals surface area contributed by atoms with Crippen molar-refractivity contribution in [2.75, 3.05) is 0 Å². The van der Waals surface area contributed by atoms with E-state index in [1.165, 1.54) is 0 Å². The quantitative estimate of drug-likeness (QED) is 0.731. The number of rotatable bonds is 0. The van der Waals surface area contributed by atoms with Gasteiger partial charge in [0.05, 0.1) is 0 Å². The average Bonchev–Trinajstić information content (AvgIpc) is 2.71. The second-order valence-electron chi connectivity index (χ2n) is 2.80. The van der Waals surface area contributed by atoms with E-state index in [1.54, 1.807) is 29.4 Å². The second-order valence-corrected chi connectivity index (χ2v) is 2.80. The summed E-state index contributed by atoms with van der Waals surface area (Å²) in [6.45, 7) is 0. The summed E-state index contributed by atoms with van der Waals surface area (Å²) in [6.07, 6.45) is -3.24. The minimum atomic E-state index is -4.30. The molecule has 1 aromatic heterocycles. The first-order valence-corrected chi connectivity index (χ1v) is 4.31. The van der Waals surface area contributed by atoms with Gasteiger partial charge in [-0.2, -0.15) is 18.3 Å². The Kier molecular flexibility index (Phi) is 3.93. The molecule has 0 aliphatic heterocycles. The van der Waals surface area contributed by atoms with Crippen molar-refractivity contribution in [1.29, 1.82) is 0 Å². The standard InChI is InChI=1S/C6H6O.C4H3F3N2/c7-6-4-2-1-3-5-6;5-4(6,7)3-1-2-8-9-3/h1-5,7H;1-2H,(H,8,9). The molecule has 1 aromatic carbocycles. The minimum Gasteiger partial charge on any atom is -0.508 e. The summed E-state index contributed by atoms with van der Waals surface area (Å²) in [5, 5.41) is 13.6. The second kappa shape index (κ2) is 5.20. The van der Waals surface area contributed by atoms with Crippen molar-refractivity contribution in [3.63, 3.8) is 0 Å². The average molecular weight is 230 g/mol. The number of benzene rings is 1. The molecular formula is C10H9F3N2O. The van der Waals surface area contributed by atoms with E-state index in [9.17, 15) is 13.2 Å². The Labute approximate surface area is 89.5 Å². The van der Waals surface area contributed by atoms with E-state index in [1.807, 2.05) is 6.07 Å². The lowest BCUT2D eigenvalue weighted by atomic mass is 10.3. The fraction of sp³-hybridized carbons (Fsp3) is 0.100. The molecule has 0 aliphatic carbocycles. The predicted octanol–water partition coefficient (Wildman–Crippen LogP) is 2.82. The van der Waals surface area contributed by atoms with Crippen LogP contribution in [0.25, 0.3) is 0 Å². The highest BCUT2D eigenvalue weighted by atomic mass is 19.4. The summed E-state index contributed by atoms with van der Waals surface area (Å²) in [5.41, 5.74) is -0.817. The summed E-state index contributed by atoms with van der Waals surface area (Å²) in [5.74, 6) is 0.322. The highest BCUT2D eigenvalue weighted by Gasteiger charge is 2.31. The third-order valence-corrected chi connectivity index (χ3v) is 1.56. The lowest BCUT2D eigenvalue weighted by Gasteiger charge is -1.99. The van der Waals surface area contributed by atoms with Gasteiger partial charge in [-0.1, -0.05) is 18.2 Å². The van der Waals surface area contributed by atoms with Crippen LogP contribution in [0.3, 0.4) is 0 Å². The molecule has 86 valence electrons. The van der Waals surface area contributed by atoms with Gasteiger partial charge in [-0.25, -0.2) is 0 Å². The molecule has 0 aliphatic rings. The van der Waals surface area contributed by atoms with Crippen molar-refractivity contribution in [1.82, 2.24) is 10.2 Å². The Bertz CT molecular complexity index is 398. The number of hydrogen-bond acceptors (Lipinski definition) is 2. The highest BCUT2D eigenvalue weighted by molar-refractivity contribution is 5.18. The molecule has 2 rings (SSSR count). The van der Waals surface area contributed by atoms with Gasteiger partial charge in [0.15, 0.2) is 0 Å². The van der Waals surface area contributed by atoms with E-state index < -0.39 is 11.9 Å². The number of nitrogens with one attached hydrogen (secondary N) is 1. The summed E-state index contributed by atoms with van der Waals surface area (Å²) in [7, 11) is 0. The third kappa shape index (κ3) is 4.04. The Morgan fingerprint density at radius 2 is 1.69 bits per heavy atom. The summed E-state index contributed by atoms with van der Waals surface area (Å²) < 4.78 is 34.6. The predicted molar refractivity (Wildman–Crippen MR) is 51.7 cm³/mol. The summed E-state index contributed by atoms with van der Waals surface area (Å²) >= 11 is 0. The molecule has 6 heteroatoms. The number of H-pyrrole nitrogens is 1. The van der Waals surface area contributed by atoms with Crippen molar-refractivity contribution in [2.45, 2.75) is 6.18 Å². The number of phenolic OH excluding ortho intramolecular Hbond substituents is 1. The van der Waals surface area contributed by atoms with Gasteiger partial charge in [-0.3, -0.25) is 5.10 Å². The Morgan fingerprint density at radius 1 is 1.06 bits per heavy atom. The smallest absolute Gasteiger partial charge is 0.432 e. The maximum atomic E-state index is 11.5. The number of para-hydroxylation sites is 1. The Balaban J connectivity index is 0.000000165. The number of alkyl halides is 3. The molecule has 0 atom stereocenters. The van der Waals surface area contributed by atoms with Crippen molar-refractivity contribution in [3.8, 4) is 5.75 Å². The molecule has 0 saturated carbocycles. The monoisotopic (exact) mass is 230 g/mol. The van der Waals surface area contributed by atoms with Gasteiger partial charge in [0.1, 0.15) is 11.4 Å². The van der Waals surface area contributed by atoms with Crippen LogP contribution >= 0.6 is 0 Å². The number of halogens is 3. The first kappa shape index (κ1) is 12.1. The van der Waals surface area contributed by atoms with E-state index in [2.05, 4.69) is 5.10 Å². The first-order chi connectivity index (χ1) is 7.50. The number of aromatic amines is 1. The largest absolute Gasteiger partial charge is 0.508 e. The van der Waals surface area contributed by atoms with Crippen LogP contribution in [0.4, 0.5) is 13.2 Å². The maximum absolute atomic E-state index is 11.5. The number of aromatic hydroxyl groups is 1. The van der Waals surface area contributed by atoms with Gasteiger partial charge in [0.25, 0.3) is 0 Å². The number of phenols is 1. The van der Waals surface area contributed by atoms with Gasteiger partial charge in [0.2, 0.25) is 0 Å². The minimum absolute atomic E-state index is 0.322. The molecule has 0 unspecified atom stereocenters. The Hall–Kier alpha value is -1.98. The fourth-order valence-electron chi connectivity index (χ4n) is 0.842. The SMILES string of the molecule is FC(F)(F)c1ccn[nH]1.Oc1ccccc1. The third-order valence-electron chi connectivity index (χ3n) is 1.56. The van der Waals surface area contributed by atoms with Gasteiger partial charge in [0, 0.05) is 6.20 Å². The van der Waals surface area contributed by atoms with Crippen LogP contribution in [-0.4, -0.2) is 15.3 Å². The lowest BCUT2D eigenvalue weighted by molar-refractivity contribution is -0.141. The molecule has 0 amide bonds. The molecule has 16 heavy (non-hydrogen) atoms. The molecule has 0 fully saturated rings. The molecule has 0 spiro atoms. The van der Waals surface area contributed by atoms with Crippen molar-refractivity contribution in [3.05, 3.63) is 48.3 Å². The zero-order chi connectivity index (χ0) is 12.0. The molecule has 0 radical (unpaired) electrons. The number of aromatic nitrogens is 2. The molecule has 2 N–H and O–H groups in total. The van der Waals surface area contributed by atoms with Crippen LogP contribution in [0.15, 0.2) is 42.6 Å². The maximum Gasteiger partial charge on any atom is 0.432 e. The van der Waals surface area contributed by atoms with Crippen LogP contribution in [0.1, 0.15) is 5.69 Å². The van der Waals surface area contributed by atoms with E-state index in [-0.39, 0.29) is 0 Å². The van der Waals surface area contributed by atoms with E-state index in [4.69, 9.17) is 5.11 Å². The van der Waals surface area contributed by atoms with Crippen molar-refractivity contribution < 1.29 is 18.3 Å². The van der Waals surface area contributed by atoms with Crippen LogP contribution in [0, 0.1) is 0 Å². The highest BCUT2D eigenvalue weighted by Crippen LogP contribution is 2.26. The van der Waals surface area contributed by atoms with Gasteiger partial charge in [-0.05, 0) is 18.2 Å². The summed E-state index contributed by atoms with van der Waals surface area (Å²) in [6, 6.07) is 9.59. The van der Waals surface area contributed by atoms with E-state index in [0.29, 0.717) is 5.75 Å². The molecule has 0 saturated heterocycles. The van der Waals surface area contributed by atoms with E-state index >= 15 is 0 Å². The number of hydrogen-bond donors (Lipinski definition) is 2. The zero-order valence-electron chi connectivity index (χ0n) is 8.07.